The second-order valence-corrected chi connectivity index (χ2v) is 7.64. The zero-order valence-corrected chi connectivity index (χ0v) is 12.5. The van der Waals surface area contributed by atoms with Crippen molar-refractivity contribution in [1.82, 2.24) is 25.0 Å². The molecule has 1 fully saturated rings. The molecule has 0 amide bonds. The van der Waals surface area contributed by atoms with E-state index in [2.05, 4.69) is 20.7 Å². The van der Waals surface area contributed by atoms with E-state index in [1.165, 1.54) is 6.26 Å². The zero-order chi connectivity index (χ0) is 13.7. The minimum Gasteiger partial charge on any atom is -0.313 e. The summed E-state index contributed by atoms with van der Waals surface area (Å²) in [5, 5.41) is 14.6. The van der Waals surface area contributed by atoms with E-state index in [9.17, 15) is 8.42 Å². The lowest BCUT2D eigenvalue weighted by Crippen LogP contribution is -2.44. The van der Waals surface area contributed by atoms with Crippen molar-refractivity contribution in [2.45, 2.75) is 23.9 Å². The van der Waals surface area contributed by atoms with Crippen molar-refractivity contribution in [2.24, 2.45) is 0 Å². The van der Waals surface area contributed by atoms with Crippen LogP contribution in [-0.2, 0) is 10.0 Å². The topological polar surface area (TPSA) is 91.0 Å². The SMILES string of the molecule is CS(=O)(=O)N1CCC(NCCSc2cn[nH]n2)CC1. The quantitative estimate of drug-likeness (QED) is 0.564. The molecule has 1 aromatic heterocycles. The van der Waals surface area contributed by atoms with Gasteiger partial charge in [0.15, 0.2) is 0 Å². The lowest BCUT2D eigenvalue weighted by molar-refractivity contribution is 0.294. The number of H-pyrrole nitrogens is 1. The van der Waals surface area contributed by atoms with E-state index in [-0.39, 0.29) is 0 Å². The van der Waals surface area contributed by atoms with Crippen molar-refractivity contribution in [3.63, 3.8) is 0 Å². The fourth-order valence-corrected chi connectivity index (χ4v) is 3.61. The predicted molar refractivity (Wildman–Crippen MR) is 74.5 cm³/mol. The third-order valence-corrected chi connectivity index (χ3v) is 5.30. The Bertz CT molecular complexity index is 468. The minimum absolute atomic E-state index is 0.413. The molecule has 2 rings (SSSR count). The zero-order valence-electron chi connectivity index (χ0n) is 10.9. The standard InChI is InChI=1S/C10H19N5O2S2/c1-19(16,17)15-5-2-9(3-6-15)11-4-7-18-10-8-12-14-13-10/h8-9,11H,2-7H2,1H3,(H,12,13,14). The second-order valence-electron chi connectivity index (χ2n) is 4.55. The number of sulfonamides is 1. The Labute approximate surface area is 117 Å². The molecule has 0 unspecified atom stereocenters. The first kappa shape index (κ1) is 14.8. The van der Waals surface area contributed by atoms with Crippen LogP contribution < -0.4 is 5.32 Å². The highest BCUT2D eigenvalue weighted by Crippen LogP contribution is 2.14. The number of nitrogens with one attached hydrogen (secondary N) is 2. The van der Waals surface area contributed by atoms with Gasteiger partial charge in [-0.15, -0.1) is 16.9 Å². The van der Waals surface area contributed by atoms with Gasteiger partial charge in [0.25, 0.3) is 0 Å². The molecule has 1 aromatic rings. The van der Waals surface area contributed by atoms with Crippen LogP contribution in [0.4, 0.5) is 0 Å². The van der Waals surface area contributed by atoms with Gasteiger partial charge in [-0.2, -0.15) is 10.3 Å². The molecular formula is C10H19N5O2S2. The first-order valence-corrected chi connectivity index (χ1v) is 9.06. The molecule has 0 aliphatic carbocycles. The molecule has 19 heavy (non-hydrogen) atoms. The van der Waals surface area contributed by atoms with Crippen LogP contribution in [0.1, 0.15) is 12.8 Å². The Morgan fingerprint density at radius 3 is 2.84 bits per heavy atom. The number of aromatic amines is 1. The molecule has 1 aliphatic heterocycles. The van der Waals surface area contributed by atoms with Crippen LogP contribution in [0.2, 0.25) is 0 Å². The molecule has 1 saturated heterocycles. The molecule has 7 nitrogen and oxygen atoms in total. The van der Waals surface area contributed by atoms with Gasteiger partial charge in [-0.25, -0.2) is 12.7 Å². The lowest BCUT2D eigenvalue weighted by Gasteiger charge is -2.30. The van der Waals surface area contributed by atoms with E-state index in [0.717, 1.165) is 30.2 Å². The van der Waals surface area contributed by atoms with Crippen LogP contribution in [0.3, 0.4) is 0 Å². The first-order chi connectivity index (χ1) is 9.05. The van der Waals surface area contributed by atoms with Gasteiger partial charge in [0.1, 0.15) is 5.03 Å². The summed E-state index contributed by atoms with van der Waals surface area (Å²) in [7, 11) is -3.02. The minimum atomic E-state index is -3.02. The monoisotopic (exact) mass is 305 g/mol. The van der Waals surface area contributed by atoms with Crippen molar-refractivity contribution >= 4 is 21.8 Å². The Morgan fingerprint density at radius 1 is 1.53 bits per heavy atom. The van der Waals surface area contributed by atoms with Crippen LogP contribution >= 0.6 is 11.8 Å². The van der Waals surface area contributed by atoms with Gasteiger partial charge in [-0.1, -0.05) is 0 Å². The van der Waals surface area contributed by atoms with Crippen molar-refractivity contribution in [3.05, 3.63) is 6.20 Å². The average molecular weight is 305 g/mol. The van der Waals surface area contributed by atoms with Crippen molar-refractivity contribution in [3.8, 4) is 0 Å². The van der Waals surface area contributed by atoms with Gasteiger partial charge in [-0.3, -0.25) is 0 Å². The first-order valence-electron chi connectivity index (χ1n) is 6.23. The van der Waals surface area contributed by atoms with Crippen molar-refractivity contribution in [2.75, 3.05) is 31.6 Å². The van der Waals surface area contributed by atoms with Gasteiger partial charge >= 0.3 is 0 Å². The highest BCUT2D eigenvalue weighted by molar-refractivity contribution is 7.99. The highest BCUT2D eigenvalue weighted by Gasteiger charge is 2.24. The maximum absolute atomic E-state index is 11.4. The maximum atomic E-state index is 11.4. The summed E-state index contributed by atoms with van der Waals surface area (Å²) in [6, 6.07) is 0.413. The van der Waals surface area contributed by atoms with Crippen molar-refractivity contribution < 1.29 is 8.42 Å². The summed E-state index contributed by atoms with van der Waals surface area (Å²) >= 11 is 1.65. The summed E-state index contributed by atoms with van der Waals surface area (Å²) in [5.41, 5.74) is 0. The van der Waals surface area contributed by atoms with E-state index in [4.69, 9.17) is 0 Å². The largest absolute Gasteiger partial charge is 0.313 e. The van der Waals surface area contributed by atoms with Gasteiger partial charge in [0.2, 0.25) is 10.0 Å². The van der Waals surface area contributed by atoms with Gasteiger partial charge in [0.05, 0.1) is 12.5 Å². The molecule has 0 radical (unpaired) electrons. The predicted octanol–water partition coefficient (Wildman–Crippen LogP) is -0.0896. The Kier molecular flexibility index (Phi) is 5.20. The van der Waals surface area contributed by atoms with E-state index < -0.39 is 10.0 Å². The summed E-state index contributed by atoms with van der Waals surface area (Å²) in [6.45, 7) is 2.13. The number of aromatic nitrogens is 3. The van der Waals surface area contributed by atoms with Gasteiger partial charge < -0.3 is 5.32 Å². The fraction of sp³-hybridized carbons (Fsp3) is 0.800. The highest BCUT2D eigenvalue weighted by atomic mass is 32.2. The van der Waals surface area contributed by atoms with Crippen LogP contribution in [0.5, 0.6) is 0 Å². The average Bonchev–Trinajstić information content (AvgIpc) is 2.87. The van der Waals surface area contributed by atoms with E-state index in [0.29, 0.717) is 19.1 Å². The molecule has 0 atom stereocenters. The molecule has 0 bridgehead atoms. The van der Waals surface area contributed by atoms with Gasteiger partial charge in [-0.05, 0) is 12.8 Å². The number of rotatable bonds is 6. The Morgan fingerprint density at radius 2 is 2.26 bits per heavy atom. The number of hydrogen-bond donors (Lipinski definition) is 2. The van der Waals surface area contributed by atoms with E-state index in [1.54, 1.807) is 22.3 Å². The van der Waals surface area contributed by atoms with Crippen LogP contribution in [0.25, 0.3) is 0 Å². The molecule has 9 heteroatoms. The van der Waals surface area contributed by atoms with E-state index in [1.807, 2.05) is 0 Å². The molecule has 2 N–H and O–H groups in total. The summed E-state index contributed by atoms with van der Waals surface area (Å²) in [5.74, 6) is 0.929. The molecule has 0 spiro atoms. The van der Waals surface area contributed by atoms with Gasteiger partial charge in [0, 0.05) is 31.4 Å². The van der Waals surface area contributed by atoms with Crippen LogP contribution in [0, 0.1) is 0 Å². The number of nitrogens with zero attached hydrogens (tertiary/aromatic N) is 3. The van der Waals surface area contributed by atoms with Crippen molar-refractivity contribution in [1.29, 1.82) is 0 Å². The number of thioether (sulfide) groups is 1. The molecular weight excluding hydrogens is 286 g/mol. The van der Waals surface area contributed by atoms with Crippen LogP contribution in [-0.4, -0.2) is 65.8 Å². The Hall–Kier alpha value is -0.640. The van der Waals surface area contributed by atoms with Crippen LogP contribution in [0.15, 0.2) is 11.2 Å². The normalized spacial score (nSPS) is 18.8. The maximum Gasteiger partial charge on any atom is 0.211 e. The molecule has 0 saturated carbocycles. The molecule has 0 aromatic carbocycles. The molecule has 2 heterocycles. The number of piperidine rings is 1. The second kappa shape index (κ2) is 6.69. The third-order valence-electron chi connectivity index (χ3n) is 3.10. The summed E-state index contributed by atoms with van der Waals surface area (Å²) in [4.78, 5) is 0. The lowest BCUT2D eigenvalue weighted by atomic mass is 10.1. The fourth-order valence-electron chi connectivity index (χ4n) is 2.07. The third kappa shape index (κ3) is 4.75. The molecule has 108 valence electrons. The van der Waals surface area contributed by atoms with E-state index >= 15 is 0 Å². The summed E-state index contributed by atoms with van der Waals surface area (Å²) in [6.07, 6.45) is 4.73. The number of hydrogen-bond acceptors (Lipinski definition) is 6. The Balaban J connectivity index is 1.61. The summed E-state index contributed by atoms with van der Waals surface area (Å²) < 4.78 is 24.3. The smallest absolute Gasteiger partial charge is 0.211 e. The molecule has 1 aliphatic rings.